The summed E-state index contributed by atoms with van der Waals surface area (Å²) < 4.78 is 7.44. The Hall–Kier alpha value is -1.78. The number of carbonyl (C=O) groups is 1. The van der Waals surface area contributed by atoms with E-state index in [2.05, 4.69) is 4.57 Å². The normalized spacial score (nSPS) is 16.3. The highest BCUT2D eigenvalue weighted by molar-refractivity contribution is 6.30. The highest BCUT2D eigenvalue weighted by Gasteiger charge is 2.22. The number of aromatic nitrogens is 1. The number of nitrogens with zero attached hydrogens (tertiary/aromatic N) is 2. The van der Waals surface area contributed by atoms with Gasteiger partial charge in [-0.15, -0.1) is 0 Å². The molecule has 3 rings (SSSR count). The van der Waals surface area contributed by atoms with Crippen molar-refractivity contribution in [3.8, 4) is 0 Å². The number of carbonyl (C=O) groups excluding carboxylic acids is 1. The number of halogens is 1. The van der Waals surface area contributed by atoms with Gasteiger partial charge in [-0.25, -0.2) is 0 Å². The zero-order valence-corrected chi connectivity index (χ0v) is 13.8. The van der Waals surface area contributed by atoms with E-state index < -0.39 is 0 Å². The standard InChI is InChI=1S/C18H21ClN2O2/c19-17-5-3-15(4-6-17)16(14-20-7-1-2-8-20)13-18(22)21-9-11-23-12-10-21/h1-8,16H,9-14H2. The van der Waals surface area contributed by atoms with E-state index in [4.69, 9.17) is 16.3 Å². The van der Waals surface area contributed by atoms with Crippen LogP contribution in [0.5, 0.6) is 0 Å². The molecule has 0 saturated carbocycles. The third-order valence-corrected chi connectivity index (χ3v) is 4.48. The molecule has 1 fully saturated rings. The van der Waals surface area contributed by atoms with Gasteiger partial charge in [0.25, 0.3) is 0 Å². The number of benzene rings is 1. The SMILES string of the molecule is O=C(CC(Cn1cccc1)c1ccc(Cl)cc1)N1CCOCC1. The van der Waals surface area contributed by atoms with Crippen molar-refractivity contribution in [1.82, 2.24) is 9.47 Å². The summed E-state index contributed by atoms with van der Waals surface area (Å²) in [6.07, 6.45) is 4.56. The van der Waals surface area contributed by atoms with Crippen LogP contribution in [0.4, 0.5) is 0 Å². The Morgan fingerprint density at radius 1 is 1.13 bits per heavy atom. The first kappa shape index (κ1) is 16.1. The van der Waals surface area contributed by atoms with Gasteiger partial charge in [-0.1, -0.05) is 23.7 Å². The molecule has 1 aromatic carbocycles. The van der Waals surface area contributed by atoms with Crippen LogP contribution >= 0.6 is 11.6 Å². The fraction of sp³-hybridized carbons (Fsp3) is 0.389. The quantitative estimate of drug-likeness (QED) is 0.843. The number of amides is 1. The molecule has 1 aliphatic heterocycles. The fourth-order valence-electron chi connectivity index (χ4n) is 2.92. The second-order valence-electron chi connectivity index (χ2n) is 5.83. The van der Waals surface area contributed by atoms with Crippen LogP contribution in [-0.4, -0.2) is 41.7 Å². The molecule has 1 unspecified atom stereocenters. The van der Waals surface area contributed by atoms with Gasteiger partial charge in [0.05, 0.1) is 13.2 Å². The summed E-state index contributed by atoms with van der Waals surface area (Å²) in [6.45, 7) is 3.43. The molecule has 23 heavy (non-hydrogen) atoms. The summed E-state index contributed by atoms with van der Waals surface area (Å²) in [5, 5.41) is 0.716. The van der Waals surface area contributed by atoms with Crippen molar-refractivity contribution in [2.75, 3.05) is 26.3 Å². The molecule has 0 spiro atoms. The highest BCUT2D eigenvalue weighted by atomic mass is 35.5. The molecule has 5 heteroatoms. The lowest BCUT2D eigenvalue weighted by Gasteiger charge is -2.29. The number of morpholine rings is 1. The predicted molar refractivity (Wildman–Crippen MR) is 90.6 cm³/mol. The minimum absolute atomic E-state index is 0.134. The van der Waals surface area contributed by atoms with Crippen molar-refractivity contribution in [1.29, 1.82) is 0 Å². The maximum Gasteiger partial charge on any atom is 0.223 e. The van der Waals surface area contributed by atoms with Gasteiger partial charge in [-0.05, 0) is 29.8 Å². The van der Waals surface area contributed by atoms with Gasteiger partial charge in [0.1, 0.15) is 0 Å². The Bertz CT molecular complexity index is 619. The Morgan fingerprint density at radius 2 is 1.78 bits per heavy atom. The lowest BCUT2D eigenvalue weighted by molar-refractivity contribution is -0.135. The zero-order chi connectivity index (χ0) is 16.1. The number of hydrogen-bond acceptors (Lipinski definition) is 2. The van der Waals surface area contributed by atoms with E-state index in [1.165, 1.54) is 0 Å². The molecule has 1 amide bonds. The number of ether oxygens (including phenoxy) is 1. The van der Waals surface area contributed by atoms with Crippen molar-refractivity contribution in [2.45, 2.75) is 18.9 Å². The summed E-state index contributed by atoms with van der Waals surface area (Å²) >= 11 is 5.99. The minimum atomic E-state index is 0.134. The predicted octanol–water partition coefficient (Wildman–Crippen LogP) is 3.17. The van der Waals surface area contributed by atoms with Gasteiger partial charge in [0.2, 0.25) is 5.91 Å². The first-order chi connectivity index (χ1) is 11.2. The lowest BCUT2D eigenvalue weighted by Crippen LogP contribution is -2.41. The smallest absolute Gasteiger partial charge is 0.223 e. The van der Waals surface area contributed by atoms with Gasteiger partial charge in [0, 0.05) is 49.4 Å². The van der Waals surface area contributed by atoms with Crippen LogP contribution < -0.4 is 0 Å². The van der Waals surface area contributed by atoms with E-state index in [-0.39, 0.29) is 11.8 Å². The van der Waals surface area contributed by atoms with E-state index in [9.17, 15) is 4.79 Å². The van der Waals surface area contributed by atoms with Gasteiger partial charge < -0.3 is 14.2 Å². The van der Waals surface area contributed by atoms with Crippen LogP contribution in [0.15, 0.2) is 48.8 Å². The Balaban J connectivity index is 1.74. The summed E-state index contributed by atoms with van der Waals surface area (Å²) in [6, 6.07) is 11.8. The topological polar surface area (TPSA) is 34.5 Å². The summed E-state index contributed by atoms with van der Waals surface area (Å²) in [7, 11) is 0. The maximum atomic E-state index is 12.6. The highest BCUT2D eigenvalue weighted by Crippen LogP contribution is 2.25. The average Bonchev–Trinajstić information content (AvgIpc) is 3.09. The molecule has 2 heterocycles. The number of rotatable bonds is 5. The Kier molecular flexibility index (Phi) is 5.36. The molecule has 0 radical (unpaired) electrons. The molecule has 1 aliphatic rings. The molecular formula is C18H21ClN2O2. The van der Waals surface area contributed by atoms with E-state index in [0.717, 1.165) is 12.1 Å². The largest absolute Gasteiger partial charge is 0.378 e. The van der Waals surface area contributed by atoms with Crippen molar-refractivity contribution in [2.24, 2.45) is 0 Å². The monoisotopic (exact) mass is 332 g/mol. The van der Waals surface area contributed by atoms with Crippen LogP contribution in [0.3, 0.4) is 0 Å². The van der Waals surface area contributed by atoms with E-state index in [1.807, 2.05) is 53.7 Å². The molecule has 1 atom stereocenters. The number of hydrogen-bond donors (Lipinski definition) is 0. The summed E-state index contributed by atoms with van der Waals surface area (Å²) in [5.74, 6) is 0.329. The molecule has 2 aromatic rings. The van der Waals surface area contributed by atoms with Crippen LogP contribution in [0, 0.1) is 0 Å². The van der Waals surface area contributed by atoms with Crippen molar-refractivity contribution in [3.63, 3.8) is 0 Å². The lowest BCUT2D eigenvalue weighted by atomic mass is 9.94. The minimum Gasteiger partial charge on any atom is -0.378 e. The molecule has 1 saturated heterocycles. The third-order valence-electron chi connectivity index (χ3n) is 4.22. The average molecular weight is 333 g/mol. The summed E-state index contributed by atoms with van der Waals surface area (Å²) in [5.41, 5.74) is 1.14. The van der Waals surface area contributed by atoms with Crippen molar-refractivity contribution >= 4 is 17.5 Å². The second-order valence-corrected chi connectivity index (χ2v) is 6.26. The third kappa shape index (κ3) is 4.36. The van der Waals surface area contributed by atoms with Crippen LogP contribution in [0.1, 0.15) is 17.9 Å². The molecule has 122 valence electrons. The maximum absolute atomic E-state index is 12.6. The molecule has 0 bridgehead atoms. The first-order valence-corrected chi connectivity index (χ1v) is 8.32. The van der Waals surface area contributed by atoms with E-state index in [1.54, 1.807) is 0 Å². The molecule has 4 nitrogen and oxygen atoms in total. The molecule has 1 aromatic heterocycles. The van der Waals surface area contributed by atoms with E-state index in [0.29, 0.717) is 37.7 Å². The van der Waals surface area contributed by atoms with Gasteiger partial charge in [-0.2, -0.15) is 0 Å². The second kappa shape index (κ2) is 7.66. The first-order valence-electron chi connectivity index (χ1n) is 7.94. The Morgan fingerprint density at radius 3 is 2.43 bits per heavy atom. The zero-order valence-electron chi connectivity index (χ0n) is 13.0. The van der Waals surface area contributed by atoms with Crippen LogP contribution in [0.2, 0.25) is 5.02 Å². The van der Waals surface area contributed by atoms with Crippen molar-refractivity contribution in [3.05, 3.63) is 59.4 Å². The Labute approximate surface area is 141 Å². The van der Waals surface area contributed by atoms with Gasteiger partial charge in [0.15, 0.2) is 0 Å². The van der Waals surface area contributed by atoms with Crippen LogP contribution in [0.25, 0.3) is 0 Å². The molecule has 0 N–H and O–H groups in total. The molecular weight excluding hydrogens is 312 g/mol. The van der Waals surface area contributed by atoms with Crippen LogP contribution in [-0.2, 0) is 16.1 Å². The summed E-state index contributed by atoms with van der Waals surface area (Å²) in [4.78, 5) is 14.5. The van der Waals surface area contributed by atoms with Gasteiger partial charge >= 0.3 is 0 Å². The fourth-order valence-corrected chi connectivity index (χ4v) is 3.05. The molecule has 0 aliphatic carbocycles. The van der Waals surface area contributed by atoms with E-state index >= 15 is 0 Å². The van der Waals surface area contributed by atoms with Gasteiger partial charge in [-0.3, -0.25) is 4.79 Å². The van der Waals surface area contributed by atoms with Crippen molar-refractivity contribution < 1.29 is 9.53 Å².